The Labute approximate surface area is 143 Å². The van der Waals surface area contributed by atoms with Crippen molar-refractivity contribution < 1.29 is 0 Å². The van der Waals surface area contributed by atoms with Gasteiger partial charge in [-0.2, -0.15) is 0 Å². The fraction of sp³-hybridized carbons (Fsp3) is 0.167. The zero-order valence-corrected chi connectivity index (χ0v) is 13.7. The fourth-order valence-corrected chi connectivity index (χ4v) is 4.44. The van der Waals surface area contributed by atoms with Crippen molar-refractivity contribution in [3.63, 3.8) is 0 Å². The Balaban J connectivity index is 1.60. The molecule has 2 aromatic rings. The highest BCUT2D eigenvalue weighted by atomic mass is 14.4. The summed E-state index contributed by atoms with van der Waals surface area (Å²) in [4.78, 5) is 0. The van der Waals surface area contributed by atoms with E-state index in [2.05, 4.69) is 85.0 Å². The van der Waals surface area contributed by atoms with Crippen LogP contribution in [0.3, 0.4) is 0 Å². The monoisotopic (exact) mass is 308 g/mol. The van der Waals surface area contributed by atoms with Crippen molar-refractivity contribution in [3.05, 3.63) is 106 Å². The number of benzene rings is 2. The first-order valence-corrected chi connectivity index (χ1v) is 8.77. The molecule has 0 amide bonds. The molecule has 3 aliphatic rings. The molecular formula is C24H20. The van der Waals surface area contributed by atoms with Gasteiger partial charge in [-0.25, -0.2) is 0 Å². The summed E-state index contributed by atoms with van der Waals surface area (Å²) in [5, 5.41) is 0. The van der Waals surface area contributed by atoms with Crippen LogP contribution in [0, 0.1) is 5.41 Å². The molecule has 0 aromatic heterocycles. The van der Waals surface area contributed by atoms with Crippen LogP contribution in [0.25, 0.3) is 12.2 Å². The zero-order chi connectivity index (χ0) is 16.0. The third-order valence-electron chi connectivity index (χ3n) is 5.75. The molecule has 0 unspecified atom stereocenters. The maximum atomic E-state index is 2.43. The molecule has 116 valence electrons. The van der Waals surface area contributed by atoms with E-state index in [-0.39, 0.29) is 5.41 Å². The van der Waals surface area contributed by atoms with Crippen LogP contribution in [-0.4, -0.2) is 0 Å². The first kappa shape index (κ1) is 13.8. The lowest BCUT2D eigenvalue weighted by atomic mass is 9.68. The Morgan fingerprint density at radius 2 is 1.25 bits per heavy atom. The van der Waals surface area contributed by atoms with E-state index < -0.39 is 0 Å². The van der Waals surface area contributed by atoms with Crippen LogP contribution in [0.1, 0.15) is 28.7 Å². The SMILES string of the molecule is C1=CCC(C2=Cc3ccccc3C2)(C2=Cc3ccccc3C2)C=C1. The van der Waals surface area contributed by atoms with Gasteiger partial charge in [0.05, 0.1) is 0 Å². The minimum Gasteiger partial charge on any atom is -0.0830 e. The maximum Gasteiger partial charge on any atom is 0.0351 e. The summed E-state index contributed by atoms with van der Waals surface area (Å²) < 4.78 is 0. The minimum absolute atomic E-state index is 0.0484. The largest absolute Gasteiger partial charge is 0.0830 e. The molecular weight excluding hydrogens is 288 g/mol. The van der Waals surface area contributed by atoms with Crippen molar-refractivity contribution in [2.45, 2.75) is 19.3 Å². The molecule has 3 aliphatic carbocycles. The number of hydrogen-bond donors (Lipinski definition) is 0. The highest BCUT2D eigenvalue weighted by Crippen LogP contribution is 2.50. The molecule has 5 rings (SSSR count). The molecule has 0 fully saturated rings. The molecule has 2 aromatic carbocycles. The summed E-state index contributed by atoms with van der Waals surface area (Å²) in [5.74, 6) is 0. The van der Waals surface area contributed by atoms with Gasteiger partial charge in [-0.3, -0.25) is 0 Å². The standard InChI is InChI=1S/C24H20/c1-6-12-24(13-7-1,22-14-18-8-2-3-9-19(18)15-22)23-16-20-10-4-5-11-21(20)17-23/h1-12,14,16H,13,15,17H2. The lowest BCUT2D eigenvalue weighted by Crippen LogP contribution is -2.25. The van der Waals surface area contributed by atoms with Crippen LogP contribution in [0.5, 0.6) is 0 Å². The maximum absolute atomic E-state index is 2.43. The summed E-state index contributed by atoms with van der Waals surface area (Å²) in [6.07, 6.45) is 17.3. The van der Waals surface area contributed by atoms with Crippen LogP contribution in [0.15, 0.2) is 84.0 Å². The van der Waals surface area contributed by atoms with E-state index in [0.29, 0.717) is 0 Å². The van der Waals surface area contributed by atoms with Gasteiger partial charge in [0.25, 0.3) is 0 Å². The van der Waals surface area contributed by atoms with Crippen molar-refractivity contribution in [3.8, 4) is 0 Å². The predicted molar refractivity (Wildman–Crippen MR) is 102 cm³/mol. The van der Waals surface area contributed by atoms with Crippen LogP contribution >= 0.6 is 0 Å². The Bertz CT molecular complexity index is 871. The van der Waals surface area contributed by atoms with E-state index in [1.807, 2.05) is 0 Å². The number of allylic oxidation sites excluding steroid dienone is 6. The molecule has 0 atom stereocenters. The Hall–Kier alpha value is -2.60. The molecule has 0 nitrogen and oxygen atoms in total. The first-order valence-electron chi connectivity index (χ1n) is 8.77. The lowest BCUT2D eigenvalue weighted by molar-refractivity contribution is 0.538. The second kappa shape index (κ2) is 5.21. The molecule has 24 heavy (non-hydrogen) atoms. The summed E-state index contributed by atoms with van der Waals surface area (Å²) >= 11 is 0. The van der Waals surface area contributed by atoms with Crippen LogP contribution in [-0.2, 0) is 12.8 Å². The van der Waals surface area contributed by atoms with E-state index in [0.717, 1.165) is 19.3 Å². The molecule has 0 saturated heterocycles. The van der Waals surface area contributed by atoms with Crippen LogP contribution in [0.2, 0.25) is 0 Å². The predicted octanol–water partition coefficient (Wildman–Crippen LogP) is 5.77. The van der Waals surface area contributed by atoms with Crippen molar-refractivity contribution in [2.24, 2.45) is 5.41 Å². The Kier molecular flexibility index (Phi) is 2.99. The number of hydrogen-bond acceptors (Lipinski definition) is 0. The van der Waals surface area contributed by atoms with E-state index >= 15 is 0 Å². The second-order valence-corrected chi connectivity index (χ2v) is 7.05. The molecule has 0 aliphatic heterocycles. The van der Waals surface area contributed by atoms with Gasteiger partial charge < -0.3 is 0 Å². The van der Waals surface area contributed by atoms with Gasteiger partial charge in [0, 0.05) is 5.41 Å². The van der Waals surface area contributed by atoms with Gasteiger partial charge in [0.2, 0.25) is 0 Å². The molecule has 0 radical (unpaired) electrons. The topological polar surface area (TPSA) is 0 Å². The van der Waals surface area contributed by atoms with Gasteiger partial charge in [-0.15, -0.1) is 0 Å². The molecule has 0 spiro atoms. The third kappa shape index (κ3) is 1.99. The fourth-order valence-electron chi connectivity index (χ4n) is 4.44. The molecule has 0 saturated carbocycles. The summed E-state index contributed by atoms with van der Waals surface area (Å²) in [7, 11) is 0. The minimum atomic E-state index is 0.0484. The highest BCUT2D eigenvalue weighted by molar-refractivity contribution is 5.73. The van der Waals surface area contributed by atoms with E-state index in [1.165, 1.54) is 22.3 Å². The van der Waals surface area contributed by atoms with Gasteiger partial charge in [0.15, 0.2) is 0 Å². The van der Waals surface area contributed by atoms with Gasteiger partial charge in [-0.05, 0) is 41.5 Å². The molecule has 0 bridgehead atoms. The summed E-state index contributed by atoms with van der Waals surface area (Å²) in [5.41, 5.74) is 8.85. The number of rotatable bonds is 2. The van der Waals surface area contributed by atoms with Gasteiger partial charge >= 0.3 is 0 Å². The molecule has 0 heteroatoms. The Morgan fingerprint density at radius 1 is 0.667 bits per heavy atom. The van der Waals surface area contributed by atoms with Crippen molar-refractivity contribution in [2.75, 3.05) is 0 Å². The molecule has 0 heterocycles. The summed E-state index contributed by atoms with van der Waals surface area (Å²) in [6.45, 7) is 0. The molecule has 0 N–H and O–H groups in total. The third-order valence-corrected chi connectivity index (χ3v) is 5.75. The van der Waals surface area contributed by atoms with Gasteiger partial charge in [-0.1, -0.05) is 96.1 Å². The average Bonchev–Trinajstić information content (AvgIpc) is 3.26. The smallest absolute Gasteiger partial charge is 0.0351 e. The average molecular weight is 308 g/mol. The zero-order valence-electron chi connectivity index (χ0n) is 13.7. The van der Waals surface area contributed by atoms with Crippen molar-refractivity contribution >= 4 is 12.2 Å². The first-order chi connectivity index (χ1) is 11.9. The van der Waals surface area contributed by atoms with E-state index in [1.54, 1.807) is 11.1 Å². The van der Waals surface area contributed by atoms with Crippen molar-refractivity contribution in [1.29, 1.82) is 0 Å². The lowest BCUT2D eigenvalue weighted by Gasteiger charge is -2.35. The van der Waals surface area contributed by atoms with E-state index in [4.69, 9.17) is 0 Å². The quantitative estimate of drug-likeness (QED) is 0.661. The summed E-state index contributed by atoms with van der Waals surface area (Å²) in [6, 6.07) is 17.6. The highest BCUT2D eigenvalue weighted by Gasteiger charge is 2.38. The van der Waals surface area contributed by atoms with Crippen LogP contribution < -0.4 is 0 Å². The second-order valence-electron chi connectivity index (χ2n) is 7.05. The van der Waals surface area contributed by atoms with Gasteiger partial charge in [0.1, 0.15) is 0 Å². The normalized spacial score (nSPS) is 19.7. The van der Waals surface area contributed by atoms with Crippen LogP contribution in [0.4, 0.5) is 0 Å². The Morgan fingerprint density at radius 3 is 1.75 bits per heavy atom. The van der Waals surface area contributed by atoms with Crippen molar-refractivity contribution in [1.82, 2.24) is 0 Å². The van der Waals surface area contributed by atoms with E-state index in [9.17, 15) is 0 Å². The number of fused-ring (bicyclic) bond motifs is 2.